The van der Waals surface area contributed by atoms with Crippen LogP contribution in [0.5, 0.6) is 0 Å². The minimum Gasteiger partial charge on any atom is -0.480 e. The van der Waals surface area contributed by atoms with E-state index < -0.39 is 17.9 Å². The van der Waals surface area contributed by atoms with Gasteiger partial charge in [0.25, 0.3) is 5.91 Å². The number of nitrogens with one attached hydrogen (secondary N) is 1. The molecule has 7 nitrogen and oxygen atoms in total. The van der Waals surface area contributed by atoms with E-state index in [0.717, 1.165) is 0 Å². The molecule has 0 aliphatic heterocycles. The van der Waals surface area contributed by atoms with E-state index in [1.807, 2.05) is 0 Å². The first-order chi connectivity index (χ1) is 8.86. The fraction of sp³-hybridized carbons (Fsp3) is 0.417. The van der Waals surface area contributed by atoms with Gasteiger partial charge in [0.1, 0.15) is 11.9 Å². The van der Waals surface area contributed by atoms with Crippen LogP contribution in [-0.2, 0) is 9.53 Å². The Morgan fingerprint density at radius 1 is 1.53 bits per heavy atom. The molecule has 0 radical (unpaired) electrons. The summed E-state index contributed by atoms with van der Waals surface area (Å²) in [5, 5.41) is 11.7. The first-order valence-corrected chi connectivity index (χ1v) is 5.63. The number of hydrogen-bond acceptors (Lipinski definition) is 5. The van der Waals surface area contributed by atoms with Gasteiger partial charge in [0, 0.05) is 12.8 Å². The van der Waals surface area contributed by atoms with Gasteiger partial charge in [0.15, 0.2) is 0 Å². The molecule has 1 aromatic rings. The molecular weight excluding hydrogens is 250 g/mol. The Hall–Kier alpha value is -2.15. The topological polar surface area (TPSA) is 115 Å². The standard InChI is InChI=1S/C12H17N3O4/c1-6-4-7(2)14-11(9(6)10(13)16)15-8(5-19-3)12(17)18/h4,8H,5H2,1-3H3,(H2,13,16)(H,14,15)(H,17,18). The van der Waals surface area contributed by atoms with Crippen LogP contribution in [0.3, 0.4) is 0 Å². The van der Waals surface area contributed by atoms with Crippen molar-refractivity contribution in [3.8, 4) is 0 Å². The molecule has 1 atom stereocenters. The molecule has 0 fully saturated rings. The van der Waals surface area contributed by atoms with Crippen LogP contribution in [0.1, 0.15) is 21.6 Å². The molecule has 4 N–H and O–H groups in total. The summed E-state index contributed by atoms with van der Waals surface area (Å²) >= 11 is 0. The number of methoxy groups -OCH3 is 1. The maximum Gasteiger partial charge on any atom is 0.328 e. The lowest BCUT2D eigenvalue weighted by Gasteiger charge is -2.17. The van der Waals surface area contributed by atoms with Crippen molar-refractivity contribution in [3.63, 3.8) is 0 Å². The van der Waals surface area contributed by atoms with Crippen molar-refractivity contribution in [2.75, 3.05) is 19.0 Å². The number of anilines is 1. The second-order valence-corrected chi connectivity index (χ2v) is 4.16. The molecule has 1 amide bonds. The lowest BCUT2D eigenvalue weighted by Crippen LogP contribution is -2.35. The molecule has 104 valence electrons. The lowest BCUT2D eigenvalue weighted by molar-refractivity contribution is -0.139. The number of pyridine rings is 1. The van der Waals surface area contributed by atoms with Gasteiger partial charge < -0.3 is 20.9 Å². The van der Waals surface area contributed by atoms with Crippen LogP contribution in [0.2, 0.25) is 0 Å². The van der Waals surface area contributed by atoms with Gasteiger partial charge >= 0.3 is 5.97 Å². The zero-order valence-electron chi connectivity index (χ0n) is 11.1. The number of aromatic nitrogens is 1. The summed E-state index contributed by atoms with van der Waals surface area (Å²) in [6.45, 7) is 3.41. The zero-order valence-corrected chi connectivity index (χ0v) is 11.1. The predicted octanol–water partition coefficient (Wildman–Crippen LogP) is 0.309. The molecule has 0 bridgehead atoms. The van der Waals surface area contributed by atoms with E-state index in [1.165, 1.54) is 7.11 Å². The number of carboxylic acid groups (broad SMARTS) is 1. The van der Waals surface area contributed by atoms with Crippen LogP contribution >= 0.6 is 0 Å². The first-order valence-electron chi connectivity index (χ1n) is 5.63. The van der Waals surface area contributed by atoms with Gasteiger partial charge in [0.05, 0.1) is 12.2 Å². The molecule has 1 heterocycles. The van der Waals surface area contributed by atoms with E-state index in [9.17, 15) is 9.59 Å². The normalized spacial score (nSPS) is 11.9. The largest absolute Gasteiger partial charge is 0.480 e. The number of aliphatic carboxylic acids is 1. The third-order valence-electron chi connectivity index (χ3n) is 2.53. The maximum atomic E-state index is 11.4. The number of carboxylic acids is 1. The van der Waals surface area contributed by atoms with Crippen molar-refractivity contribution in [1.29, 1.82) is 0 Å². The van der Waals surface area contributed by atoms with Crippen LogP contribution < -0.4 is 11.1 Å². The molecule has 1 aromatic heterocycles. The molecular formula is C12H17N3O4. The quantitative estimate of drug-likeness (QED) is 0.683. The molecule has 7 heteroatoms. The third kappa shape index (κ3) is 3.65. The number of primary amides is 1. The van der Waals surface area contributed by atoms with Crippen molar-refractivity contribution in [1.82, 2.24) is 4.98 Å². The van der Waals surface area contributed by atoms with Gasteiger partial charge in [0.2, 0.25) is 0 Å². The Balaban J connectivity index is 3.18. The number of rotatable bonds is 6. The van der Waals surface area contributed by atoms with Crippen molar-refractivity contribution in [2.24, 2.45) is 5.73 Å². The third-order valence-corrected chi connectivity index (χ3v) is 2.53. The molecule has 0 aromatic carbocycles. The highest BCUT2D eigenvalue weighted by atomic mass is 16.5. The van der Waals surface area contributed by atoms with Crippen LogP contribution in [0, 0.1) is 13.8 Å². The SMILES string of the molecule is COCC(Nc1nc(C)cc(C)c1C(N)=O)C(=O)O. The Kier molecular flexibility index (Phi) is 4.82. The average Bonchev–Trinajstić information content (AvgIpc) is 2.26. The highest BCUT2D eigenvalue weighted by Gasteiger charge is 2.21. The fourth-order valence-electron chi connectivity index (χ4n) is 1.76. The molecule has 0 saturated heterocycles. The Labute approximate surface area is 110 Å². The number of amides is 1. The Morgan fingerprint density at radius 2 is 2.16 bits per heavy atom. The summed E-state index contributed by atoms with van der Waals surface area (Å²) in [6.07, 6.45) is 0. The summed E-state index contributed by atoms with van der Waals surface area (Å²) < 4.78 is 4.81. The van der Waals surface area contributed by atoms with Gasteiger partial charge in [-0.2, -0.15) is 0 Å². The zero-order chi connectivity index (χ0) is 14.6. The second-order valence-electron chi connectivity index (χ2n) is 4.16. The van der Waals surface area contributed by atoms with Gasteiger partial charge in [-0.1, -0.05) is 0 Å². The number of hydrogen-bond donors (Lipinski definition) is 3. The minimum absolute atomic E-state index is 0.0534. The van der Waals surface area contributed by atoms with E-state index >= 15 is 0 Å². The van der Waals surface area contributed by atoms with E-state index in [1.54, 1.807) is 19.9 Å². The summed E-state index contributed by atoms with van der Waals surface area (Å²) in [7, 11) is 1.39. The smallest absolute Gasteiger partial charge is 0.328 e. The number of carbonyl (C=O) groups excluding carboxylic acids is 1. The number of aryl methyl sites for hydroxylation is 2. The summed E-state index contributed by atoms with van der Waals surface area (Å²) in [4.78, 5) is 26.6. The van der Waals surface area contributed by atoms with Crippen molar-refractivity contribution in [3.05, 3.63) is 22.9 Å². The molecule has 1 unspecified atom stereocenters. The molecule has 0 aliphatic carbocycles. The Bertz CT molecular complexity index is 502. The monoisotopic (exact) mass is 267 g/mol. The van der Waals surface area contributed by atoms with Gasteiger partial charge in [-0.25, -0.2) is 9.78 Å². The minimum atomic E-state index is -1.10. The van der Waals surface area contributed by atoms with Crippen molar-refractivity contribution < 1.29 is 19.4 Å². The van der Waals surface area contributed by atoms with E-state index in [4.69, 9.17) is 15.6 Å². The summed E-state index contributed by atoms with van der Waals surface area (Å²) in [5.41, 5.74) is 6.78. The number of carbonyl (C=O) groups is 2. The van der Waals surface area contributed by atoms with E-state index in [-0.39, 0.29) is 18.0 Å². The van der Waals surface area contributed by atoms with Crippen molar-refractivity contribution >= 4 is 17.7 Å². The van der Waals surface area contributed by atoms with Gasteiger partial charge in [-0.05, 0) is 25.5 Å². The molecule has 1 rings (SSSR count). The molecule has 0 spiro atoms. The van der Waals surface area contributed by atoms with Crippen LogP contribution in [0.25, 0.3) is 0 Å². The van der Waals surface area contributed by atoms with Crippen LogP contribution in [0.15, 0.2) is 6.07 Å². The lowest BCUT2D eigenvalue weighted by atomic mass is 10.1. The number of ether oxygens (including phenoxy) is 1. The highest BCUT2D eigenvalue weighted by Crippen LogP contribution is 2.19. The predicted molar refractivity (Wildman–Crippen MR) is 69.2 cm³/mol. The Morgan fingerprint density at radius 3 is 2.63 bits per heavy atom. The summed E-state index contributed by atoms with van der Waals surface area (Å²) in [6, 6.07) is 0.703. The van der Waals surface area contributed by atoms with Gasteiger partial charge in [-0.3, -0.25) is 4.79 Å². The highest BCUT2D eigenvalue weighted by molar-refractivity contribution is 5.99. The maximum absolute atomic E-state index is 11.4. The summed E-state index contributed by atoms with van der Waals surface area (Å²) in [5.74, 6) is -1.60. The number of nitrogens with zero attached hydrogens (tertiary/aromatic N) is 1. The van der Waals surface area contributed by atoms with Crippen LogP contribution in [-0.4, -0.2) is 41.7 Å². The van der Waals surface area contributed by atoms with Crippen LogP contribution in [0.4, 0.5) is 5.82 Å². The van der Waals surface area contributed by atoms with Crippen molar-refractivity contribution in [2.45, 2.75) is 19.9 Å². The molecule has 0 saturated carbocycles. The first kappa shape index (κ1) is 14.9. The second kappa shape index (κ2) is 6.14. The fourth-order valence-corrected chi connectivity index (χ4v) is 1.76. The number of nitrogens with two attached hydrogens (primary N) is 1. The molecule has 19 heavy (non-hydrogen) atoms. The molecule has 0 aliphatic rings. The van der Waals surface area contributed by atoms with E-state index in [2.05, 4.69) is 10.3 Å². The van der Waals surface area contributed by atoms with E-state index in [0.29, 0.717) is 11.3 Å². The van der Waals surface area contributed by atoms with Gasteiger partial charge in [-0.15, -0.1) is 0 Å². The average molecular weight is 267 g/mol.